The molecule has 8 nitrogen and oxygen atoms in total. The number of anilines is 1. The van der Waals surface area contributed by atoms with Crippen molar-refractivity contribution in [1.82, 2.24) is 29.6 Å². The number of aryl methyl sites for hydroxylation is 2. The van der Waals surface area contributed by atoms with E-state index in [0.717, 1.165) is 60.3 Å². The van der Waals surface area contributed by atoms with Crippen molar-refractivity contribution in [3.8, 4) is 22.6 Å². The number of aliphatic hydroxyl groups is 1. The lowest BCUT2D eigenvalue weighted by Gasteiger charge is -2.37. The number of hydrogen-bond acceptors (Lipinski definition) is 7. The van der Waals surface area contributed by atoms with Gasteiger partial charge in [-0.3, -0.25) is 14.6 Å². The highest BCUT2D eigenvalue weighted by molar-refractivity contribution is 5.67. The maximum Gasteiger partial charge on any atom is 0.225 e. The van der Waals surface area contributed by atoms with Crippen molar-refractivity contribution in [3.05, 3.63) is 78.2 Å². The van der Waals surface area contributed by atoms with Crippen LogP contribution >= 0.6 is 0 Å². The molecule has 1 N–H and O–H groups in total. The van der Waals surface area contributed by atoms with Crippen LogP contribution in [-0.2, 0) is 6.54 Å². The Bertz CT molecular complexity index is 1230. The van der Waals surface area contributed by atoms with E-state index < -0.39 is 6.23 Å². The number of nitrogens with zero attached hydrogens (tertiary/aromatic N) is 7. The van der Waals surface area contributed by atoms with E-state index in [2.05, 4.69) is 50.7 Å². The topological polar surface area (TPSA) is 83.2 Å². The average Bonchev–Trinajstić information content (AvgIpc) is 3.30. The standard InChI is InChI=1S/C26H29N7O/c1-19-15-23(29-17-20(19)2)24-16-22(21-7-4-3-5-8-21)30-33(24)18-25(34)31-11-13-32(14-12-31)26-27-9-6-10-28-26/h3-10,15-17,25,34H,11-14,18H2,1-2H3. The first-order valence-corrected chi connectivity index (χ1v) is 11.6. The molecule has 0 radical (unpaired) electrons. The fourth-order valence-electron chi connectivity index (χ4n) is 4.22. The number of piperazine rings is 1. The zero-order valence-electron chi connectivity index (χ0n) is 19.5. The van der Waals surface area contributed by atoms with Crippen LogP contribution in [0.15, 0.2) is 67.1 Å². The summed E-state index contributed by atoms with van der Waals surface area (Å²) in [6, 6.07) is 16.1. The fourth-order valence-corrected chi connectivity index (χ4v) is 4.22. The Balaban J connectivity index is 1.37. The van der Waals surface area contributed by atoms with Gasteiger partial charge in [-0.15, -0.1) is 0 Å². The Morgan fingerprint density at radius 3 is 2.29 bits per heavy atom. The summed E-state index contributed by atoms with van der Waals surface area (Å²) in [6.07, 6.45) is 4.75. The Hall–Kier alpha value is -3.62. The van der Waals surface area contributed by atoms with Gasteiger partial charge in [0.25, 0.3) is 0 Å². The van der Waals surface area contributed by atoms with Crippen molar-refractivity contribution in [1.29, 1.82) is 0 Å². The number of hydrogen-bond donors (Lipinski definition) is 1. The zero-order chi connectivity index (χ0) is 23.5. The first-order chi connectivity index (χ1) is 16.6. The van der Waals surface area contributed by atoms with Crippen LogP contribution in [0, 0.1) is 13.8 Å². The van der Waals surface area contributed by atoms with Crippen LogP contribution < -0.4 is 4.90 Å². The van der Waals surface area contributed by atoms with Gasteiger partial charge in [0.15, 0.2) is 0 Å². The smallest absolute Gasteiger partial charge is 0.225 e. The van der Waals surface area contributed by atoms with E-state index in [0.29, 0.717) is 6.54 Å². The third kappa shape index (κ3) is 4.69. The molecule has 1 atom stereocenters. The number of aromatic nitrogens is 5. The van der Waals surface area contributed by atoms with Crippen LogP contribution in [0.2, 0.25) is 0 Å². The van der Waals surface area contributed by atoms with E-state index in [1.807, 2.05) is 47.3 Å². The Morgan fingerprint density at radius 2 is 1.59 bits per heavy atom. The molecule has 0 spiro atoms. The molecule has 5 rings (SSSR count). The van der Waals surface area contributed by atoms with E-state index in [9.17, 15) is 5.11 Å². The van der Waals surface area contributed by atoms with Crippen LogP contribution in [0.3, 0.4) is 0 Å². The van der Waals surface area contributed by atoms with Crippen molar-refractivity contribution in [2.75, 3.05) is 31.1 Å². The summed E-state index contributed by atoms with van der Waals surface area (Å²) in [5, 5.41) is 16.0. The lowest BCUT2D eigenvalue weighted by Crippen LogP contribution is -2.52. The molecule has 174 valence electrons. The van der Waals surface area contributed by atoms with Crippen molar-refractivity contribution in [3.63, 3.8) is 0 Å². The van der Waals surface area contributed by atoms with Gasteiger partial charge in [0.05, 0.1) is 23.6 Å². The summed E-state index contributed by atoms with van der Waals surface area (Å²) in [4.78, 5) is 17.6. The Labute approximate surface area is 199 Å². The molecule has 0 bridgehead atoms. The van der Waals surface area contributed by atoms with Crippen LogP contribution in [0.4, 0.5) is 5.95 Å². The SMILES string of the molecule is Cc1cnc(-c2cc(-c3ccccc3)nn2CC(O)N2CCN(c3ncccn3)CC2)cc1C. The molecule has 4 heterocycles. The minimum atomic E-state index is -0.660. The van der Waals surface area contributed by atoms with E-state index in [4.69, 9.17) is 5.10 Å². The highest BCUT2D eigenvalue weighted by Crippen LogP contribution is 2.27. The summed E-state index contributed by atoms with van der Waals surface area (Å²) in [6.45, 7) is 7.49. The van der Waals surface area contributed by atoms with Gasteiger partial charge < -0.3 is 10.0 Å². The van der Waals surface area contributed by atoms with Crippen molar-refractivity contribution in [2.45, 2.75) is 26.6 Å². The van der Waals surface area contributed by atoms with Crippen molar-refractivity contribution in [2.24, 2.45) is 0 Å². The first kappa shape index (κ1) is 22.2. The van der Waals surface area contributed by atoms with Crippen molar-refractivity contribution >= 4 is 5.95 Å². The fraction of sp³-hybridized carbons (Fsp3) is 0.308. The molecule has 1 unspecified atom stereocenters. The minimum absolute atomic E-state index is 0.360. The summed E-state index contributed by atoms with van der Waals surface area (Å²) in [5.74, 6) is 0.735. The lowest BCUT2D eigenvalue weighted by molar-refractivity contribution is -0.0136. The number of rotatable bonds is 6. The third-order valence-corrected chi connectivity index (χ3v) is 6.39. The van der Waals surface area contributed by atoms with Gasteiger partial charge in [-0.1, -0.05) is 30.3 Å². The molecule has 4 aromatic rings. The van der Waals surface area contributed by atoms with Gasteiger partial charge in [-0.05, 0) is 43.2 Å². The van der Waals surface area contributed by atoms with Gasteiger partial charge in [0.1, 0.15) is 6.23 Å². The molecule has 1 saturated heterocycles. The highest BCUT2D eigenvalue weighted by Gasteiger charge is 2.25. The first-order valence-electron chi connectivity index (χ1n) is 11.6. The van der Waals surface area contributed by atoms with Crippen LogP contribution in [0.5, 0.6) is 0 Å². The second-order valence-corrected chi connectivity index (χ2v) is 8.67. The molecule has 3 aromatic heterocycles. The summed E-state index contributed by atoms with van der Waals surface area (Å²) in [7, 11) is 0. The van der Waals surface area contributed by atoms with E-state index in [1.165, 1.54) is 5.56 Å². The molecular weight excluding hydrogens is 426 g/mol. The summed E-state index contributed by atoms with van der Waals surface area (Å²) < 4.78 is 1.89. The largest absolute Gasteiger partial charge is 0.376 e. The molecule has 1 aliphatic heterocycles. The normalized spacial score (nSPS) is 15.4. The van der Waals surface area contributed by atoms with Gasteiger partial charge in [0.2, 0.25) is 5.95 Å². The van der Waals surface area contributed by atoms with Gasteiger partial charge in [0, 0.05) is 50.3 Å². The summed E-state index contributed by atoms with van der Waals surface area (Å²) in [5.41, 5.74) is 6.00. The minimum Gasteiger partial charge on any atom is -0.376 e. The Morgan fingerprint density at radius 1 is 0.853 bits per heavy atom. The second kappa shape index (κ2) is 9.70. The van der Waals surface area contributed by atoms with E-state index >= 15 is 0 Å². The highest BCUT2D eigenvalue weighted by atomic mass is 16.3. The molecule has 8 heteroatoms. The number of aliphatic hydroxyl groups excluding tert-OH is 1. The molecule has 0 amide bonds. The average molecular weight is 456 g/mol. The van der Waals surface area contributed by atoms with Crippen molar-refractivity contribution < 1.29 is 5.11 Å². The predicted molar refractivity (Wildman–Crippen MR) is 132 cm³/mol. The number of pyridine rings is 1. The van der Waals surface area contributed by atoms with Gasteiger partial charge in [-0.25, -0.2) is 9.97 Å². The maximum atomic E-state index is 11.1. The van der Waals surface area contributed by atoms with Crippen LogP contribution in [0.1, 0.15) is 11.1 Å². The third-order valence-electron chi connectivity index (χ3n) is 6.39. The molecule has 1 aromatic carbocycles. The molecule has 0 aliphatic carbocycles. The number of benzene rings is 1. The van der Waals surface area contributed by atoms with Gasteiger partial charge >= 0.3 is 0 Å². The quantitative estimate of drug-likeness (QED) is 0.478. The predicted octanol–water partition coefficient (Wildman–Crippen LogP) is 3.16. The van der Waals surface area contributed by atoms with Gasteiger partial charge in [-0.2, -0.15) is 5.10 Å². The van der Waals surface area contributed by atoms with Crippen LogP contribution in [0.25, 0.3) is 22.6 Å². The second-order valence-electron chi connectivity index (χ2n) is 8.67. The molecule has 1 fully saturated rings. The molecule has 1 aliphatic rings. The van der Waals surface area contributed by atoms with E-state index in [1.54, 1.807) is 12.4 Å². The van der Waals surface area contributed by atoms with E-state index in [-0.39, 0.29) is 0 Å². The summed E-state index contributed by atoms with van der Waals surface area (Å²) >= 11 is 0. The maximum absolute atomic E-state index is 11.1. The molecular formula is C26H29N7O. The Kier molecular flexibility index (Phi) is 6.33. The molecule has 34 heavy (non-hydrogen) atoms. The van der Waals surface area contributed by atoms with Crippen LogP contribution in [-0.4, -0.2) is 67.1 Å². The molecule has 0 saturated carbocycles. The monoisotopic (exact) mass is 455 g/mol. The lowest BCUT2D eigenvalue weighted by atomic mass is 10.1. The zero-order valence-corrected chi connectivity index (χ0v) is 19.5.